The first-order chi connectivity index (χ1) is 10.8. The number of carbonyl (C=O) groups excluding carboxylic acids is 2. The molecule has 1 saturated heterocycles. The van der Waals surface area contributed by atoms with E-state index >= 15 is 0 Å². The van der Waals surface area contributed by atoms with Gasteiger partial charge in [-0.15, -0.1) is 0 Å². The summed E-state index contributed by atoms with van der Waals surface area (Å²) in [5.41, 5.74) is 0.318. The van der Waals surface area contributed by atoms with E-state index in [4.69, 9.17) is 9.47 Å². The lowest BCUT2D eigenvalue weighted by molar-refractivity contribution is -0.150. The van der Waals surface area contributed by atoms with E-state index in [0.29, 0.717) is 13.0 Å². The number of esters is 1. The monoisotopic (exact) mass is 383 g/mol. The van der Waals surface area contributed by atoms with Crippen molar-refractivity contribution in [3.8, 4) is 0 Å². The van der Waals surface area contributed by atoms with Gasteiger partial charge in [-0.05, 0) is 32.8 Å². The van der Waals surface area contributed by atoms with Crippen molar-refractivity contribution in [3.63, 3.8) is 0 Å². The molecule has 6 heteroatoms. The number of likely N-dealkylation sites (tertiary alicyclic amines) is 1. The van der Waals surface area contributed by atoms with Crippen LogP contribution in [0.5, 0.6) is 0 Å². The Bertz CT molecular complexity index is 555. The zero-order valence-electron chi connectivity index (χ0n) is 13.6. The van der Waals surface area contributed by atoms with E-state index in [9.17, 15) is 9.59 Å². The van der Waals surface area contributed by atoms with Gasteiger partial charge in [0.2, 0.25) is 0 Å². The van der Waals surface area contributed by atoms with Gasteiger partial charge in [-0.25, -0.2) is 9.59 Å². The van der Waals surface area contributed by atoms with Crippen LogP contribution < -0.4 is 0 Å². The molecule has 0 N–H and O–H groups in total. The number of hydrogen-bond donors (Lipinski definition) is 0. The minimum atomic E-state index is -0.613. The fraction of sp³-hybridized carbons (Fsp3) is 0.529. The molecule has 2 atom stereocenters. The number of rotatable bonds is 3. The van der Waals surface area contributed by atoms with Gasteiger partial charge in [-0.2, -0.15) is 0 Å². The van der Waals surface area contributed by atoms with E-state index in [1.54, 1.807) is 20.8 Å². The van der Waals surface area contributed by atoms with Crippen molar-refractivity contribution in [1.82, 2.24) is 4.90 Å². The standard InChI is InChI=1S/C17H22BrNO4/c1-17(2,3)23-16(21)19-10-13(18)9-14(19)15(20)22-11-12-7-5-4-6-8-12/h4-8,13-14H,9-11H2,1-3H3. The Balaban J connectivity index is 1.98. The molecule has 2 unspecified atom stereocenters. The van der Waals surface area contributed by atoms with Gasteiger partial charge in [0.15, 0.2) is 0 Å². The second-order valence-electron chi connectivity index (χ2n) is 6.57. The minimum Gasteiger partial charge on any atom is -0.459 e. The Kier molecular flexibility index (Phi) is 5.68. The zero-order chi connectivity index (χ0) is 17.0. The zero-order valence-corrected chi connectivity index (χ0v) is 15.2. The van der Waals surface area contributed by atoms with E-state index in [0.717, 1.165) is 5.56 Å². The minimum absolute atomic E-state index is 0.0595. The van der Waals surface area contributed by atoms with Gasteiger partial charge >= 0.3 is 12.1 Å². The maximum absolute atomic E-state index is 12.4. The molecule has 0 bridgehead atoms. The Hall–Kier alpha value is -1.56. The second-order valence-corrected chi connectivity index (χ2v) is 7.87. The van der Waals surface area contributed by atoms with Gasteiger partial charge in [-0.1, -0.05) is 46.3 Å². The lowest BCUT2D eigenvalue weighted by atomic mass is 10.2. The van der Waals surface area contributed by atoms with Crippen molar-refractivity contribution in [2.75, 3.05) is 6.54 Å². The van der Waals surface area contributed by atoms with E-state index in [-0.39, 0.29) is 11.4 Å². The van der Waals surface area contributed by atoms with Crippen LogP contribution in [-0.2, 0) is 20.9 Å². The van der Waals surface area contributed by atoms with Crippen LogP contribution in [0.2, 0.25) is 0 Å². The highest BCUT2D eigenvalue weighted by Crippen LogP contribution is 2.26. The number of ether oxygens (including phenoxy) is 2. The van der Waals surface area contributed by atoms with E-state index in [1.165, 1.54) is 4.90 Å². The predicted octanol–water partition coefficient (Wildman–Crippen LogP) is 3.50. The fourth-order valence-electron chi connectivity index (χ4n) is 2.36. The summed E-state index contributed by atoms with van der Waals surface area (Å²) in [4.78, 5) is 26.1. The first-order valence-corrected chi connectivity index (χ1v) is 8.52. The van der Waals surface area contributed by atoms with Gasteiger partial charge in [0.05, 0.1) is 0 Å². The van der Waals surface area contributed by atoms with Crippen LogP contribution in [-0.4, -0.2) is 40.0 Å². The van der Waals surface area contributed by atoms with Gasteiger partial charge in [0.1, 0.15) is 18.2 Å². The molecule has 1 aliphatic heterocycles. The number of nitrogens with zero attached hydrogens (tertiary/aromatic N) is 1. The van der Waals surface area contributed by atoms with Crippen molar-refractivity contribution in [2.24, 2.45) is 0 Å². The molecule has 1 fully saturated rings. The highest BCUT2D eigenvalue weighted by atomic mass is 79.9. The summed E-state index contributed by atoms with van der Waals surface area (Å²) >= 11 is 3.47. The molecular weight excluding hydrogens is 362 g/mol. The van der Waals surface area contributed by atoms with Crippen LogP contribution in [0, 0.1) is 0 Å². The highest BCUT2D eigenvalue weighted by molar-refractivity contribution is 9.09. The van der Waals surface area contributed by atoms with E-state index < -0.39 is 23.7 Å². The maximum Gasteiger partial charge on any atom is 0.411 e. The van der Waals surface area contributed by atoms with Crippen molar-refractivity contribution in [1.29, 1.82) is 0 Å². The molecule has 1 aromatic rings. The first kappa shape index (κ1) is 17.8. The molecule has 23 heavy (non-hydrogen) atoms. The summed E-state index contributed by atoms with van der Waals surface area (Å²) in [6.45, 7) is 6.03. The van der Waals surface area contributed by atoms with Crippen molar-refractivity contribution in [2.45, 2.75) is 50.3 Å². The third-order valence-electron chi connectivity index (χ3n) is 3.37. The van der Waals surface area contributed by atoms with Crippen LogP contribution >= 0.6 is 15.9 Å². The third-order valence-corrected chi connectivity index (χ3v) is 4.04. The number of amides is 1. The van der Waals surface area contributed by atoms with Gasteiger partial charge in [0.25, 0.3) is 0 Å². The summed E-state index contributed by atoms with van der Waals surface area (Å²) < 4.78 is 10.7. The number of carbonyl (C=O) groups is 2. The average Bonchev–Trinajstić information content (AvgIpc) is 2.86. The summed E-state index contributed by atoms with van der Waals surface area (Å²) in [5, 5.41) is 0. The summed E-state index contributed by atoms with van der Waals surface area (Å²) in [6, 6.07) is 8.85. The predicted molar refractivity (Wildman–Crippen MR) is 90.3 cm³/mol. The topological polar surface area (TPSA) is 55.8 Å². The van der Waals surface area contributed by atoms with Crippen molar-refractivity contribution in [3.05, 3.63) is 35.9 Å². The Morgan fingerprint density at radius 3 is 2.52 bits per heavy atom. The molecule has 1 aliphatic rings. The molecule has 1 aromatic carbocycles. The largest absolute Gasteiger partial charge is 0.459 e. The molecule has 126 valence electrons. The van der Waals surface area contributed by atoms with Gasteiger partial charge in [0, 0.05) is 11.4 Å². The summed E-state index contributed by atoms with van der Waals surface area (Å²) in [7, 11) is 0. The molecule has 5 nitrogen and oxygen atoms in total. The number of hydrogen-bond acceptors (Lipinski definition) is 4. The molecule has 0 radical (unpaired) electrons. The molecule has 1 heterocycles. The number of halogens is 1. The average molecular weight is 384 g/mol. The molecule has 0 saturated carbocycles. The molecule has 0 aliphatic carbocycles. The third kappa shape index (κ3) is 5.23. The number of alkyl halides is 1. The summed E-state index contributed by atoms with van der Waals surface area (Å²) in [5.74, 6) is -0.401. The number of benzene rings is 1. The van der Waals surface area contributed by atoms with Crippen molar-refractivity contribution < 1.29 is 19.1 Å². The Morgan fingerprint density at radius 1 is 1.26 bits per heavy atom. The van der Waals surface area contributed by atoms with Crippen LogP contribution in [0.15, 0.2) is 30.3 Å². The SMILES string of the molecule is CC(C)(C)OC(=O)N1CC(Br)CC1C(=O)OCc1ccccc1. The lowest BCUT2D eigenvalue weighted by Crippen LogP contribution is -2.44. The van der Waals surface area contributed by atoms with E-state index in [1.807, 2.05) is 30.3 Å². The van der Waals surface area contributed by atoms with Crippen LogP contribution in [0.1, 0.15) is 32.8 Å². The Labute approximate surface area is 145 Å². The summed E-state index contributed by atoms with van der Waals surface area (Å²) in [6.07, 6.45) is 0.0356. The lowest BCUT2D eigenvalue weighted by Gasteiger charge is -2.27. The second kappa shape index (κ2) is 7.34. The van der Waals surface area contributed by atoms with Crippen LogP contribution in [0.25, 0.3) is 0 Å². The fourth-order valence-corrected chi connectivity index (χ4v) is 3.02. The van der Waals surface area contributed by atoms with E-state index in [2.05, 4.69) is 15.9 Å². The highest BCUT2D eigenvalue weighted by Gasteiger charge is 2.41. The molecule has 1 amide bonds. The smallest absolute Gasteiger partial charge is 0.411 e. The van der Waals surface area contributed by atoms with Crippen LogP contribution in [0.4, 0.5) is 4.79 Å². The molecule has 0 spiro atoms. The Morgan fingerprint density at radius 2 is 1.91 bits per heavy atom. The van der Waals surface area contributed by atoms with Crippen molar-refractivity contribution >= 4 is 28.0 Å². The molecular formula is C17H22BrNO4. The molecule has 0 aromatic heterocycles. The van der Waals surface area contributed by atoms with Gasteiger partial charge in [-0.3, -0.25) is 4.90 Å². The normalized spacial score (nSPS) is 21.1. The van der Waals surface area contributed by atoms with Gasteiger partial charge < -0.3 is 9.47 Å². The maximum atomic E-state index is 12.4. The van der Waals surface area contributed by atoms with Crippen LogP contribution in [0.3, 0.4) is 0 Å². The quantitative estimate of drug-likeness (QED) is 0.591. The molecule has 2 rings (SSSR count). The first-order valence-electron chi connectivity index (χ1n) is 7.60.